The van der Waals surface area contributed by atoms with Crippen molar-refractivity contribution < 1.29 is 4.79 Å². The quantitative estimate of drug-likeness (QED) is 0.878. The molecule has 0 spiro atoms. The highest BCUT2D eigenvalue weighted by atomic mass is 16.1. The Balaban J connectivity index is 2.18. The molecule has 0 saturated carbocycles. The molecule has 0 saturated heterocycles. The van der Waals surface area contributed by atoms with E-state index in [0.29, 0.717) is 5.56 Å². The van der Waals surface area contributed by atoms with Crippen LogP contribution in [0.2, 0.25) is 0 Å². The van der Waals surface area contributed by atoms with E-state index >= 15 is 0 Å². The zero-order chi connectivity index (χ0) is 16.1. The van der Waals surface area contributed by atoms with Crippen molar-refractivity contribution in [2.24, 2.45) is 0 Å². The van der Waals surface area contributed by atoms with Crippen molar-refractivity contribution >= 4 is 17.3 Å². The summed E-state index contributed by atoms with van der Waals surface area (Å²) in [6.07, 6.45) is 4.22. The van der Waals surface area contributed by atoms with Gasteiger partial charge in [0, 0.05) is 17.9 Å². The molecule has 1 atom stereocenters. The Morgan fingerprint density at radius 2 is 2.00 bits per heavy atom. The van der Waals surface area contributed by atoms with E-state index in [1.807, 2.05) is 19.9 Å². The van der Waals surface area contributed by atoms with Crippen molar-refractivity contribution in [3.05, 3.63) is 53.3 Å². The lowest BCUT2D eigenvalue weighted by atomic mass is 10.1. The summed E-state index contributed by atoms with van der Waals surface area (Å²) in [4.78, 5) is 16.3. The first kappa shape index (κ1) is 16.0. The van der Waals surface area contributed by atoms with Gasteiger partial charge in [0.25, 0.3) is 5.91 Å². The van der Waals surface area contributed by atoms with Gasteiger partial charge in [0.1, 0.15) is 0 Å². The molecule has 2 rings (SSSR count). The van der Waals surface area contributed by atoms with Crippen LogP contribution in [-0.2, 0) is 0 Å². The third-order valence-electron chi connectivity index (χ3n) is 3.66. The van der Waals surface area contributed by atoms with Crippen LogP contribution in [0.3, 0.4) is 0 Å². The second-order valence-corrected chi connectivity index (χ2v) is 5.69. The third kappa shape index (κ3) is 4.07. The maximum atomic E-state index is 12.2. The minimum Gasteiger partial charge on any atom is -0.354 e. The summed E-state index contributed by atoms with van der Waals surface area (Å²) < 4.78 is 0. The summed E-state index contributed by atoms with van der Waals surface area (Å²) in [5.74, 6) is -0.0912. The van der Waals surface area contributed by atoms with E-state index in [4.69, 9.17) is 0 Å². The summed E-state index contributed by atoms with van der Waals surface area (Å²) in [6.45, 7) is 8.14. The molecule has 4 heteroatoms. The fourth-order valence-corrected chi connectivity index (χ4v) is 2.07. The average Bonchev–Trinajstić information content (AvgIpc) is 2.51. The van der Waals surface area contributed by atoms with E-state index in [0.717, 1.165) is 23.4 Å². The molecule has 0 bridgehead atoms. The molecule has 22 heavy (non-hydrogen) atoms. The summed E-state index contributed by atoms with van der Waals surface area (Å²) in [6, 6.07) is 8.22. The average molecular weight is 297 g/mol. The minimum absolute atomic E-state index is 0.0912. The maximum Gasteiger partial charge on any atom is 0.253 e. The molecule has 2 aromatic rings. The van der Waals surface area contributed by atoms with Crippen LogP contribution >= 0.6 is 0 Å². The van der Waals surface area contributed by atoms with Gasteiger partial charge in [-0.2, -0.15) is 0 Å². The lowest BCUT2D eigenvalue weighted by Crippen LogP contribution is -2.31. The summed E-state index contributed by atoms with van der Waals surface area (Å²) in [5, 5.41) is 6.28. The molecule has 4 nitrogen and oxygen atoms in total. The van der Waals surface area contributed by atoms with Crippen LogP contribution in [-0.4, -0.2) is 16.9 Å². The number of hydrogen-bond acceptors (Lipinski definition) is 3. The molecule has 0 fully saturated rings. The van der Waals surface area contributed by atoms with Crippen LogP contribution < -0.4 is 10.6 Å². The molecule has 0 aliphatic rings. The Bertz CT molecular complexity index is 667. The number of carbonyl (C=O) groups is 1. The van der Waals surface area contributed by atoms with E-state index in [-0.39, 0.29) is 11.9 Å². The molecule has 0 radical (unpaired) electrons. The van der Waals surface area contributed by atoms with Crippen LogP contribution in [0.5, 0.6) is 0 Å². The predicted octanol–water partition coefficient (Wildman–Crippen LogP) is 3.97. The molecule has 0 aliphatic carbocycles. The van der Waals surface area contributed by atoms with Crippen molar-refractivity contribution in [2.45, 2.75) is 40.2 Å². The van der Waals surface area contributed by atoms with Crippen LogP contribution in [0.1, 0.15) is 41.8 Å². The standard InChI is InChI=1S/C18H23N3O/c1-5-14(4)20-18(22)15-9-16(11-19-10-15)21-17-8-12(2)6-7-13(17)3/h6-11,14,21H,5H2,1-4H3,(H,20,22). The number of pyridine rings is 1. The van der Waals surface area contributed by atoms with Crippen LogP contribution in [0, 0.1) is 13.8 Å². The summed E-state index contributed by atoms with van der Waals surface area (Å²) >= 11 is 0. The first-order valence-electron chi connectivity index (χ1n) is 7.59. The van der Waals surface area contributed by atoms with Gasteiger partial charge in [-0.15, -0.1) is 0 Å². The second-order valence-electron chi connectivity index (χ2n) is 5.69. The smallest absolute Gasteiger partial charge is 0.253 e. The molecule has 1 heterocycles. The Morgan fingerprint density at radius 3 is 2.73 bits per heavy atom. The van der Waals surface area contributed by atoms with Crippen molar-refractivity contribution in [1.82, 2.24) is 10.3 Å². The largest absolute Gasteiger partial charge is 0.354 e. The lowest BCUT2D eigenvalue weighted by Gasteiger charge is -2.13. The first-order valence-corrected chi connectivity index (χ1v) is 7.59. The molecule has 1 aromatic carbocycles. The number of rotatable bonds is 5. The van der Waals surface area contributed by atoms with Gasteiger partial charge >= 0.3 is 0 Å². The number of aromatic nitrogens is 1. The number of nitrogens with one attached hydrogen (secondary N) is 2. The van der Waals surface area contributed by atoms with Gasteiger partial charge < -0.3 is 10.6 Å². The molecule has 1 unspecified atom stereocenters. The van der Waals surface area contributed by atoms with Gasteiger partial charge in [0.15, 0.2) is 0 Å². The van der Waals surface area contributed by atoms with Crippen LogP contribution in [0.15, 0.2) is 36.7 Å². The van der Waals surface area contributed by atoms with E-state index in [2.05, 4.69) is 47.7 Å². The molecule has 0 aliphatic heterocycles. The van der Waals surface area contributed by atoms with Crippen molar-refractivity contribution in [2.75, 3.05) is 5.32 Å². The zero-order valence-electron chi connectivity index (χ0n) is 13.6. The fourth-order valence-electron chi connectivity index (χ4n) is 2.07. The Kier molecular flexibility index (Phi) is 5.15. The van der Waals surface area contributed by atoms with Gasteiger partial charge in [0.2, 0.25) is 0 Å². The Hall–Kier alpha value is -2.36. The Morgan fingerprint density at radius 1 is 1.23 bits per heavy atom. The van der Waals surface area contributed by atoms with E-state index in [9.17, 15) is 4.79 Å². The normalized spacial score (nSPS) is 11.8. The van der Waals surface area contributed by atoms with Gasteiger partial charge in [-0.25, -0.2) is 0 Å². The van der Waals surface area contributed by atoms with Crippen molar-refractivity contribution in [3.63, 3.8) is 0 Å². The van der Waals surface area contributed by atoms with E-state index in [1.165, 1.54) is 5.56 Å². The van der Waals surface area contributed by atoms with Crippen molar-refractivity contribution in [1.29, 1.82) is 0 Å². The lowest BCUT2D eigenvalue weighted by molar-refractivity contribution is 0.0939. The van der Waals surface area contributed by atoms with Crippen molar-refractivity contribution in [3.8, 4) is 0 Å². The molecule has 2 N–H and O–H groups in total. The SMILES string of the molecule is CCC(C)NC(=O)c1cncc(Nc2cc(C)ccc2C)c1. The summed E-state index contributed by atoms with van der Waals surface area (Å²) in [5.41, 5.74) is 4.74. The highest BCUT2D eigenvalue weighted by molar-refractivity contribution is 5.95. The number of benzene rings is 1. The summed E-state index contributed by atoms with van der Waals surface area (Å²) in [7, 11) is 0. The number of carbonyl (C=O) groups excluding carboxylic acids is 1. The zero-order valence-corrected chi connectivity index (χ0v) is 13.6. The number of anilines is 2. The highest BCUT2D eigenvalue weighted by Gasteiger charge is 2.10. The second kappa shape index (κ2) is 7.07. The topological polar surface area (TPSA) is 54.0 Å². The van der Waals surface area contributed by atoms with Gasteiger partial charge in [-0.3, -0.25) is 9.78 Å². The van der Waals surface area contributed by atoms with Gasteiger partial charge in [-0.05, 0) is 50.5 Å². The molecular formula is C18H23N3O. The van der Waals surface area contributed by atoms with Crippen LogP contribution in [0.25, 0.3) is 0 Å². The molecular weight excluding hydrogens is 274 g/mol. The van der Waals surface area contributed by atoms with E-state index < -0.39 is 0 Å². The fraction of sp³-hybridized carbons (Fsp3) is 0.333. The minimum atomic E-state index is -0.0912. The number of aryl methyl sites for hydroxylation is 2. The van der Waals surface area contributed by atoms with E-state index in [1.54, 1.807) is 12.4 Å². The maximum absolute atomic E-state index is 12.2. The first-order chi connectivity index (χ1) is 10.5. The number of hydrogen-bond donors (Lipinski definition) is 2. The number of amides is 1. The third-order valence-corrected chi connectivity index (χ3v) is 3.66. The monoisotopic (exact) mass is 297 g/mol. The highest BCUT2D eigenvalue weighted by Crippen LogP contribution is 2.21. The Labute approximate surface area is 132 Å². The molecule has 1 aromatic heterocycles. The van der Waals surface area contributed by atoms with Gasteiger partial charge in [0.05, 0.1) is 17.4 Å². The molecule has 1 amide bonds. The molecule has 116 valence electrons. The van der Waals surface area contributed by atoms with Gasteiger partial charge in [-0.1, -0.05) is 19.1 Å². The number of nitrogens with zero attached hydrogens (tertiary/aromatic N) is 1. The van der Waals surface area contributed by atoms with Crippen LogP contribution in [0.4, 0.5) is 11.4 Å². The predicted molar refractivity (Wildman–Crippen MR) is 90.7 cm³/mol.